The van der Waals surface area contributed by atoms with Gasteiger partial charge in [-0.2, -0.15) is 0 Å². The van der Waals surface area contributed by atoms with Crippen LogP contribution in [0.4, 0.5) is 0 Å². The molecule has 0 aliphatic heterocycles. The quantitative estimate of drug-likeness (QED) is 0.632. The smallest absolute Gasteiger partial charge is 0.172 e. The topological polar surface area (TPSA) is 38.3 Å². The molecule has 1 rings (SSSR count). The Morgan fingerprint density at radius 3 is 2.79 bits per heavy atom. The Kier molecular flexibility index (Phi) is 5.80. The minimum atomic E-state index is 0.172. The van der Waals surface area contributed by atoms with Crippen LogP contribution in [0.1, 0.15) is 39.0 Å². The fourth-order valence-corrected chi connectivity index (χ4v) is 1.77. The molecule has 0 amide bonds. The first-order chi connectivity index (χ1) is 6.83. The van der Waals surface area contributed by atoms with E-state index in [4.69, 9.17) is 4.74 Å². The van der Waals surface area contributed by atoms with E-state index in [0.29, 0.717) is 19.2 Å². The number of ketones is 1. The maximum atomic E-state index is 11.3. The highest BCUT2D eigenvalue weighted by molar-refractivity contribution is 5.81. The van der Waals surface area contributed by atoms with E-state index in [1.165, 1.54) is 25.7 Å². The van der Waals surface area contributed by atoms with Crippen molar-refractivity contribution in [1.82, 2.24) is 5.32 Å². The van der Waals surface area contributed by atoms with Crippen molar-refractivity contribution >= 4 is 5.78 Å². The lowest BCUT2D eigenvalue weighted by molar-refractivity contribution is -0.122. The fourth-order valence-electron chi connectivity index (χ4n) is 1.77. The zero-order valence-electron chi connectivity index (χ0n) is 9.05. The normalized spacial score (nSPS) is 17.5. The standard InChI is InChI=1S/C11H21NO2/c1-2-7-14-9-11(13)8-12-10-5-3-4-6-10/h10,12H,2-9H2,1H3. The number of carbonyl (C=O) groups is 1. The summed E-state index contributed by atoms with van der Waals surface area (Å²) < 4.78 is 5.17. The van der Waals surface area contributed by atoms with Crippen LogP contribution in [0.2, 0.25) is 0 Å². The van der Waals surface area contributed by atoms with E-state index in [0.717, 1.165) is 6.42 Å². The lowest BCUT2D eigenvalue weighted by atomic mass is 10.2. The molecule has 14 heavy (non-hydrogen) atoms. The van der Waals surface area contributed by atoms with Crippen LogP contribution in [0.25, 0.3) is 0 Å². The van der Waals surface area contributed by atoms with Gasteiger partial charge in [0.1, 0.15) is 6.61 Å². The molecule has 1 saturated carbocycles. The second kappa shape index (κ2) is 6.96. The molecule has 0 aromatic heterocycles. The first-order valence-corrected chi connectivity index (χ1v) is 5.65. The van der Waals surface area contributed by atoms with Gasteiger partial charge >= 0.3 is 0 Å². The van der Waals surface area contributed by atoms with Gasteiger partial charge in [-0.25, -0.2) is 0 Å². The molecular weight excluding hydrogens is 178 g/mol. The van der Waals surface area contributed by atoms with Crippen LogP contribution in [-0.4, -0.2) is 31.6 Å². The van der Waals surface area contributed by atoms with E-state index in [9.17, 15) is 4.79 Å². The molecule has 0 bridgehead atoms. The van der Waals surface area contributed by atoms with Crippen molar-refractivity contribution in [1.29, 1.82) is 0 Å². The molecule has 0 unspecified atom stereocenters. The monoisotopic (exact) mass is 199 g/mol. The number of Topliss-reactive ketones (excluding diaryl/α,β-unsaturated/α-hetero) is 1. The lowest BCUT2D eigenvalue weighted by Gasteiger charge is -2.10. The molecule has 1 fully saturated rings. The first kappa shape index (κ1) is 11.7. The van der Waals surface area contributed by atoms with Crippen LogP contribution < -0.4 is 5.32 Å². The maximum Gasteiger partial charge on any atom is 0.172 e. The summed E-state index contributed by atoms with van der Waals surface area (Å²) in [5.74, 6) is 0.172. The van der Waals surface area contributed by atoms with Crippen LogP contribution >= 0.6 is 0 Å². The van der Waals surface area contributed by atoms with Gasteiger partial charge in [0, 0.05) is 12.6 Å². The van der Waals surface area contributed by atoms with E-state index in [1.807, 2.05) is 6.92 Å². The summed E-state index contributed by atoms with van der Waals surface area (Å²) in [4.78, 5) is 11.3. The molecule has 0 aromatic carbocycles. The molecule has 0 saturated heterocycles. The Balaban J connectivity index is 1.96. The fraction of sp³-hybridized carbons (Fsp3) is 0.909. The number of carbonyl (C=O) groups excluding carboxylic acids is 1. The summed E-state index contributed by atoms with van der Waals surface area (Å²) in [6.07, 6.45) is 6.03. The predicted octanol–water partition coefficient (Wildman–Crippen LogP) is 1.51. The van der Waals surface area contributed by atoms with Gasteiger partial charge in [-0.15, -0.1) is 0 Å². The summed E-state index contributed by atoms with van der Waals surface area (Å²) >= 11 is 0. The highest BCUT2D eigenvalue weighted by atomic mass is 16.5. The minimum absolute atomic E-state index is 0.172. The van der Waals surface area contributed by atoms with Crippen molar-refractivity contribution in [2.45, 2.75) is 45.1 Å². The van der Waals surface area contributed by atoms with Crippen molar-refractivity contribution < 1.29 is 9.53 Å². The third-order valence-electron chi connectivity index (χ3n) is 2.55. The Hall–Kier alpha value is -0.410. The minimum Gasteiger partial charge on any atom is -0.374 e. The first-order valence-electron chi connectivity index (χ1n) is 5.65. The van der Waals surface area contributed by atoms with Crippen molar-refractivity contribution in [3.8, 4) is 0 Å². The maximum absolute atomic E-state index is 11.3. The lowest BCUT2D eigenvalue weighted by Crippen LogP contribution is -2.33. The van der Waals surface area contributed by atoms with Gasteiger partial charge in [0.2, 0.25) is 0 Å². The molecule has 1 aliphatic rings. The van der Waals surface area contributed by atoms with Crippen LogP contribution in [0, 0.1) is 0 Å². The highest BCUT2D eigenvalue weighted by Gasteiger charge is 2.14. The number of hydrogen-bond donors (Lipinski definition) is 1. The molecule has 0 radical (unpaired) electrons. The Bertz CT molecular complexity index is 165. The molecule has 3 nitrogen and oxygen atoms in total. The molecule has 3 heteroatoms. The number of ether oxygens (including phenoxy) is 1. The van der Waals surface area contributed by atoms with Gasteiger partial charge in [-0.3, -0.25) is 4.79 Å². The SMILES string of the molecule is CCCOCC(=O)CNC1CCCC1. The zero-order valence-corrected chi connectivity index (χ0v) is 9.05. The number of rotatable bonds is 7. The summed E-state index contributed by atoms with van der Waals surface area (Å²) in [7, 11) is 0. The van der Waals surface area contributed by atoms with Gasteiger partial charge in [0.15, 0.2) is 5.78 Å². The average molecular weight is 199 g/mol. The van der Waals surface area contributed by atoms with Gasteiger partial charge in [-0.05, 0) is 19.3 Å². The van der Waals surface area contributed by atoms with Crippen molar-refractivity contribution in [2.75, 3.05) is 19.8 Å². The second-order valence-electron chi connectivity index (χ2n) is 3.95. The predicted molar refractivity (Wildman–Crippen MR) is 56.4 cm³/mol. The van der Waals surface area contributed by atoms with E-state index in [1.54, 1.807) is 0 Å². The second-order valence-corrected chi connectivity index (χ2v) is 3.95. The van der Waals surface area contributed by atoms with Gasteiger partial charge in [0.25, 0.3) is 0 Å². The summed E-state index contributed by atoms with van der Waals surface area (Å²) in [5, 5.41) is 3.28. The van der Waals surface area contributed by atoms with Crippen LogP contribution in [0.5, 0.6) is 0 Å². The van der Waals surface area contributed by atoms with Crippen molar-refractivity contribution in [3.05, 3.63) is 0 Å². The van der Waals surface area contributed by atoms with Gasteiger partial charge in [0.05, 0.1) is 6.54 Å². The van der Waals surface area contributed by atoms with E-state index in [-0.39, 0.29) is 12.4 Å². The number of nitrogens with one attached hydrogen (secondary N) is 1. The zero-order chi connectivity index (χ0) is 10.2. The summed E-state index contributed by atoms with van der Waals surface area (Å²) in [6.45, 7) is 3.48. The molecule has 0 heterocycles. The highest BCUT2D eigenvalue weighted by Crippen LogP contribution is 2.17. The molecule has 82 valence electrons. The molecule has 1 aliphatic carbocycles. The average Bonchev–Trinajstić information content (AvgIpc) is 2.68. The molecule has 0 aromatic rings. The largest absolute Gasteiger partial charge is 0.374 e. The van der Waals surface area contributed by atoms with Crippen LogP contribution in [0.15, 0.2) is 0 Å². The molecular formula is C11H21NO2. The van der Waals surface area contributed by atoms with Crippen molar-refractivity contribution in [3.63, 3.8) is 0 Å². The van der Waals surface area contributed by atoms with E-state index < -0.39 is 0 Å². The van der Waals surface area contributed by atoms with E-state index in [2.05, 4.69) is 5.32 Å². The third kappa shape index (κ3) is 4.72. The summed E-state index contributed by atoms with van der Waals surface area (Å²) in [5.41, 5.74) is 0. The Morgan fingerprint density at radius 2 is 2.14 bits per heavy atom. The molecule has 0 atom stereocenters. The van der Waals surface area contributed by atoms with Gasteiger partial charge in [-0.1, -0.05) is 19.8 Å². The van der Waals surface area contributed by atoms with E-state index >= 15 is 0 Å². The van der Waals surface area contributed by atoms with Gasteiger partial charge < -0.3 is 10.1 Å². The van der Waals surface area contributed by atoms with Crippen molar-refractivity contribution in [2.24, 2.45) is 0 Å². The number of hydrogen-bond acceptors (Lipinski definition) is 3. The Morgan fingerprint density at radius 1 is 1.43 bits per heavy atom. The third-order valence-corrected chi connectivity index (χ3v) is 2.55. The van der Waals surface area contributed by atoms with Crippen LogP contribution in [-0.2, 0) is 9.53 Å². The summed E-state index contributed by atoms with van der Waals surface area (Å²) in [6, 6.07) is 0.574. The Labute approximate surface area is 86.2 Å². The van der Waals surface area contributed by atoms with Crippen LogP contribution in [0.3, 0.4) is 0 Å². The molecule has 1 N–H and O–H groups in total. The molecule has 0 spiro atoms.